The molecular weight excluding hydrogens is 173 g/mol. The first-order chi connectivity index (χ1) is 4.16. The fourth-order valence-electron chi connectivity index (χ4n) is 0.630. The minimum absolute atomic E-state index is 0. The summed E-state index contributed by atoms with van der Waals surface area (Å²) in [6.45, 7) is 1.50. The Hall–Kier alpha value is 0.500. The molecule has 0 aromatic rings. The van der Waals surface area contributed by atoms with E-state index >= 15 is 0 Å². The second-order valence-corrected chi connectivity index (χ2v) is 2.93. The SMILES string of the molecule is COCC(Cl)CN(C)C.Cl. The van der Waals surface area contributed by atoms with Crippen LogP contribution < -0.4 is 0 Å². The first kappa shape index (κ1) is 13.1. The highest BCUT2D eigenvalue weighted by Crippen LogP contribution is 1.96. The Morgan fingerprint density at radius 1 is 1.50 bits per heavy atom. The summed E-state index contributed by atoms with van der Waals surface area (Å²) in [6, 6.07) is 0. The molecule has 1 unspecified atom stereocenters. The average Bonchev–Trinajstić information content (AvgIpc) is 1.63. The largest absolute Gasteiger partial charge is 0.383 e. The fourth-order valence-corrected chi connectivity index (χ4v) is 1.03. The maximum atomic E-state index is 5.81. The van der Waals surface area contributed by atoms with E-state index in [0.717, 1.165) is 6.54 Å². The van der Waals surface area contributed by atoms with Gasteiger partial charge in [0.05, 0.1) is 12.0 Å². The summed E-state index contributed by atoms with van der Waals surface area (Å²) < 4.78 is 4.85. The summed E-state index contributed by atoms with van der Waals surface area (Å²) in [5.41, 5.74) is 0. The third-order valence-corrected chi connectivity index (χ3v) is 1.17. The molecule has 0 aromatic heterocycles. The molecule has 0 spiro atoms. The Balaban J connectivity index is 0. The molecule has 0 fully saturated rings. The molecule has 0 aliphatic heterocycles. The van der Waals surface area contributed by atoms with E-state index in [2.05, 4.69) is 0 Å². The van der Waals surface area contributed by atoms with Crippen LogP contribution in [0.15, 0.2) is 0 Å². The zero-order valence-electron chi connectivity index (χ0n) is 6.63. The van der Waals surface area contributed by atoms with Gasteiger partial charge in [0.15, 0.2) is 0 Å². The zero-order chi connectivity index (χ0) is 7.28. The Labute approximate surface area is 73.9 Å². The summed E-state index contributed by atoms with van der Waals surface area (Å²) in [5, 5.41) is 0.116. The number of nitrogens with zero attached hydrogens (tertiary/aromatic N) is 1. The normalized spacial score (nSPS) is 12.9. The second-order valence-electron chi connectivity index (χ2n) is 2.31. The van der Waals surface area contributed by atoms with Gasteiger partial charge < -0.3 is 9.64 Å². The van der Waals surface area contributed by atoms with Crippen LogP contribution in [0.5, 0.6) is 0 Å². The summed E-state index contributed by atoms with van der Waals surface area (Å²) in [6.07, 6.45) is 0. The van der Waals surface area contributed by atoms with E-state index in [-0.39, 0.29) is 17.8 Å². The summed E-state index contributed by atoms with van der Waals surface area (Å²) in [5.74, 6) is 0. The van der Waals surface area contributed by atoms with E-state index < -0.39 is 0 Å². The van der Waals surface area contributed by atoms with Gasteiger partial charge in [0, 0.05) is 13.7 Å². The van der Waals surface area contributed by atoms with Crippen LogP contribution in [0.1, 0.15) is 0 Å². The van der Waals surface area contributed by atoms with Crippen LogP contribution in [-0.4, -0.2) is 44.6 Å². The van der Waals surface area contributed by atoms with Gasteiger partial charge in [-0.3, -0.25) is 0 Å². The van der Waals surface area contributed by atoms with E-state index in [1.807, 2.05) is 19.0 Å². The standard InChI is InChI=1S/C6H14ClNO.ClH/c1-8(2)4-6(7)5-9-3;/h6H,4-5H2,1-3H3;1H. The predicted octanol–water partition coefficient (Wildman–Crippen LogP) is 1.22. The van der Waals surface area contributed by atoms with Gasteiger partial charge in [-0.15, -0.1) is 24.0 Å². The quantitative estimate of drug-likeness (QED) is 0.615. The first-order valence-corrected chi connectivity index (χ1v) is 3.38. The molecule has 10 heavy (non-hydrogen) atoms. The second kappa shape index (κ2) is 7.61. The van der Waals surface area contributed by atoms with Crippen LogP contribution in [0.2, 0.25) is 0 Å². The van der Waals surface area contributed by atoms with E-state index in [1.165, 1.54) is 0 Å². The van der Waals surface area contributed by atoms with Crippen molar-refractivity contribution in [3.63, 3.8) is 0 Å². The van der Waals surface area contributed by atoms with Crippen molar-refractivity contribution < 1.29 is 4.74 Å². The fraction of sp³-hybridized carbons (Fsp3) is 1.00. The van der Waals surface area contributed by atoms with Crippen LogP contribution in [0.4, 0.5) is 0 Å². The Kier molecular flexibility index (Phi) is 9.97. The lowest BCUT2D eigenvalue weighted by molar-refractivity contribution is 0.187. The zero-order valence-corrected chi connectivity index (χ0v) is 8.21. The lowest BCUT2D eigenvalue weighted by atomic mass is 10.4. The number of methoxy groups -OCH3 is 1. The molecule has 0 N–H and O–H groups in total. The monoisotopic (exact) mass is 187 g/mol. The number of rotatable bonds is 4. The van der Waals surface area contributed by atoms with Crippen molar-refractivity contribution in [1.82, 2.24) is 4.90 Å². The van der Waals surface area contributed by atoms with E-state index in [9.17, 15) is 0 Å². The highest BCUT2D eigenvalue weighted by atomic mass is 35.5. The number of halogens is 2. The molecule has 0 saturated heterocycles. The summed E-state index contributed by atoms with van der Waals surface area (Å²) in [4.78, 5) is 2.04. The van der Waals surface area contributed by atoms with Gasteiger partial charge in [-0.1, -0.05) is 0 Å². The number of hydrogen-bond donors (Lipinski definition) is 0. The third kappa shape index (κ3) is 8.50. The molecule has 0 aliphatic carbocycles. The van der Waals surface area contributed by atoms with Crippen molar-refractivity contribution in [1.29, 1.82) is 0 Å². The van der Waals surface area contributed by atoms with Gasteiger partial charge >= 0.3 is 0 Å². The smallest absolute Gasteiger partial charge is 0.0696 e. The number of ether oxygens (including phenoxy) is 1. The van der Waals surface area contributed by atoms with Crippen molar-refractivity contribution in [2.75, 3.05) is 34.4 Å². The lowest BCUT2D eigenvalue weighted by Gasteiger charge is -2.13. The Morgan fingerprint density at radius 3 is 2.30 bits per heavy atom. The van der Waals surface area contributed by atoms with E-state index in [1.54, 1.807) is 7.11 Å². The van der Waals surface area contributed by atoms with Crippen molar-refractivity contribution in [2.24, 2.45) is 0 Å². The van der Waals surface area contributed by atoms with Gasteiger partial charge in [-0.2, -0.15) is 0 Å². The van der Waals surface area contributed by atoms with Crippen LogP contribution in [0.3, 0.4) is 0 Å². The molecule has 0 amide bonds. The van der Waals surface area contributed by atoms with Gasteiger partial charge in [0.25, 0.3) is 0 Å². The number of alkyl halides is 1. The minimum Gasteiger partial charge on any atom is -0.383 e. The van der Waals surface area contributed by atoms with Crippen LogP contribution in [-0.2, 0) is 4.74 Å². The third-order valence-electron chi connectivity index (χ3n) is 0.911. The topological polar surface area (TPSA) is 12.5 Å². The number of hydrogen-bond acceptors (Lipinski definition) is 2. The highest BCUT2D eigenvalue weighted by molar-refractivity contribution is 6.20. The van der Waals surface area contributed by atoms with Crippen molar-refractivity contribution in [3.05, 3.63) is 0 Å². The average molecular weight is 188 g/mol. The minimum atomic E-state index is 0. The van der Waals surface area contributed by atoms with Gasteiger partial charge in [-0.05, 0) is 14.1 Å². The van der Waals surface area contributed by atoms with Crippen LogP contribution in [0, 0.1) is 0 Å². The van der Waals surface area contributed by atoms with Gasteiger partial charge in [0.1, 0.15) is 0 Å². The first-order valence-electron chi connectivity index (χ1n) is 2.94. The molecule has 0 aromatic carbocycles. The molecule has 4 heteroatoms. The lowest BCUT2D eigenvalue weighted by Crippen LogP contribution is -2.25. The van der Waals surface area contributed by atoms with Crippen LogP contribution in [0.25, 0.3) is 0 Å². The Bertz CT molecular complexity index is 70.8. The predicted molar refractivity (Wildman–Crippen MR) is 47.3 cm³/mol. The van der Waals surface area contributed by atoms with Crippen molar-refractivity contribution in [3.8, 4) is 0 Å². The van der Waals surface area contributed by atoms with Gasteiger partial charge in [-0.25, -0.2) is 0 Å². The van der Waals surface area contributed by atoms with Crippen LogP contribution >= 0.6 is 24.0 Å². The molecule has 0 saturated carbocycles. The molecule has 64 valence electrons. The van der Waals surface area contributed by atoms with E-state index in [4.69, 9.17) is 16.3 Å². The maximum absolute atomic E-state index is 5.81. The van der Waals surface area contributed by atoms with Crippen molar-refractivity contribution in [2.45, 2.75) is 5.38 Å². The molecule has 2 nitrogen and oxygen atoms in total. The molecular formula is C6H15Cl2NO. The summed E-state index contributed by atoms with van der Waals surface area (Å²) in [7, 11) is 5.64. The molecule has 0 heterocycles. The molecule has 0 radical (unpaired) electrons. The molecule has 0 rings (SSSR count). The van der Waals surface area contributed by atoms with Crippen molar-refractivity contribution >= 4 is 24.0 Å². The van der Waals surface area contributed by atoms with E-state index in [0.29, 0.717) is 6.61 Å². The summed E-state index contributed by atoms with van der Waals surface area (Å²) >= 11 is 5.81. The molecule has 1 atom stereocenters. The molecule has 0 aliphatic rings. The molecule has 0 bridgehead atoms. The van der Waals surface area contributed by atoms with Gasteiger partial charge in [0.2, 0.25) is 0 Å². The maximum Gasteiger partial charge on any atom is 0.0696 e. The highest BCUT2D eigenvalue weighted by Gasteiger charge is 2.03. The Morgan fingerprint density at radius 2 is 2.00 bits per heavy atom.